The Labute approximate surface area is 123 Å². The molecule has 0 bridgehead atoms. The molecular formula is C15H19NO5. The summed E-state index contributed by atoms with van der Waals surface area (Å²) in [6.45, 7) is 0.576. The van der Waals surface area contributed by atoms with Gasteiger partial charge in [-0.25, -0.2) is 0 Å². The second-order valence-corrected chi connectivity index (χ2v) is 5.06. The molecule has 6 nitrogen and oxygen atoms in total. The fourth-order valence-corrected chi connectivity index (χ4v) is 2.46. The quantitative estimate of drug-likeness (QED) is 0.881. The Kier molecular flexibility index (Phi) is 4.80. The fourth-order valence-electron chi connectivity index (χ4n) is 2.46. The number of hydrogen-bond acceptors (Lipinski definition) is 4. The topological polar surface area (TPSA) is 76.1 Å². The first kappa shape index (κ1) is 15.3. The van der Waals surface area contributed by atoms with Gasteiger partial charge in [-0.05, 0) is 24.1 Å². The lowest BCUT2D eigenvalue weighted by Gasteiger charge is -2.35. The van der Waals surface area contributed by atoms with Crippen molar-refractivity contribution < 1.29 is 24.2 Å². The minimum absolute atomic E-state index is 0.161. The molecule has 2 rings (SSSR count). The molecule has 6 heteroatoms. The zero-order valence-electron chi connectivity index (χ0n) is 12.1. The minimum Gasteiger partial charge on any atom is -0.497 e. The number of carbonyl (C=O) groups is 2. The highest BCUT2D eigenvalue weighted by atomic mass is 16.5. The van der Waals surface area contributed by atoms with Gasteiger partial charge in [0.25, 0.3) is 5.91 Å². The third-order valence-corrected chi connectivity index (χ3v) is 3.69. The molecule has 1 aromatic carbocycles. The molecule has 1 fully saturated rings. The lowest BCUT2D eigenvalue weighted by atomic mass is 9.95. The number of carboxylic acids is 1. The van der Waals surface area contributed by atoms with Crippen LogP contribution in [0.1, 0.15) is 12.0 Å². The predicted molar refractivity (Wildman–Crippen MR) is 75.0 cm³/mol. The predicted octanol–water partition coefficient (Wildman–Crippen LogP) is 1.14. The highest BCUT2D eigenvalue weighted by molar-refractivity contribution is 5.84. The van der Waals surface area contributed by atoms with Crippen LogP contribution in [0.15, 0.2) is 24.3 Å². The van der Waals surface area contributed by atoms with Gasteiger partial charge in [0.2, 0.25) is 0 Å². The van der Waals surface area contributed by atoms with Gasteiger partial charge in [-0.2, -0.15) is 0 Å². The maximum Gasteiger partial charge on any atom is 0.308 e. The van der Waals surface area contributed by atoms with Crippen LogP contribution in [0.3, 0.4) is 0 Å². The summed E-state index contributed by atoms with van der Waals surface area (Å²) in [6.07, 6.45) is -0.456. The van der Waals surface area contributed by atoms with E-state index in [2.05, 4.69) is 0 Å². The van der Waals surface area contributed by atoms with E-state index in [1.165, 1.54) is 12.0 Å². The normalized spacial score (nSPS) is 22.2. The van der Waals surface area contributed by atoms with E-state index < -0.39 is 18.0 Å². The van der Waals surface area contributed by atoms with Crippen molar-refractivity contribution in [2.24, 2.45) is 5.92 Å². The largest absolute Gasteiger partial charge is 0.497 e. The summed E-state index contributed by atoms with van der Waals surface area (Å²) < 4.78 is 10.2. The molecule has 2 unspecified atom stereocenters. The van der Waals surface area contributed by atoms with Crippen molar-refractivity contribution in [2.45, 2.75) is 19.1 Å². The number of ether oxygens (including phenoxy) is 2. The number of amides is 1. The van der Waals surface area contributed by atoms with Crippen LogP contribution in [-0.2, 0) is 20.9 Å². The Balaban J connectivity index is 2.11. The van der Waals surface area contributed by atoms with Crippen LogP contribution in [0.4, 0.5) is 0 Å². The Morgan fingerprint density at radius 3 is 2.52 bits per heavy atom. The molecule has 2 atom stereocenters. The van der Waals surface area contributed by atoms with Crippen LogP contribution in [0.2, 0.25) is 0 Å². The smallest absolute Gasteiger partial charge is 0.308 e. The van der Waals surface area contributed by atoms with E-state index in [9.17, 15) is 14.7 Å². The van der Waals surface area contributed by atoms with Crippen LogP contribution in [0.5, 0.6) is 5.75 Å². The van der Waals surface area contributed by atoms with Crippen molar-refractivity contribution in [3.05, 3.63) is 29.8 Å². The number of rotatable bonds is 5. The summed E-state index contributed by atoms with van der Waals surface area (Å²) >= 11 is 0. The summed E-state index contributed by atoms with van der Waals surface area (Å²) in [6, 6.07) is 7.34. The van der Waals surface area contributed by atoms with Crippen molar-refractivity contribution in [1.82, 2.24) is 4.90 Å². The summed E-state index contributed by atoms with van der Waals surface area (Å²) in [5, 5.41) is 9.18. The van der Waals surface area contributed by atoms with Gasteiger partial charge in [0.1, 0.15) is 11.9 Å². The Hall–Kier alpha value is -2.08. The Morgan fingerprint density at radius 2 is 2.00 bits per heavy atom. The number of nitrogens with zero attached hydrogens (tertiary/aromatic N) is 1. The van der Waals surface area contributed by atoms with Crippen molar-refractivity contribution in [3.8, 4) is 5.75 Å². The maximum atomic E-state index is 12.2. The van der Waals surface area contributed by atoms with Crippen LogP contribution in [0.25, 0.3) is 0 Å². The van der Waals surface area contributed by atoms with Gasteiger partial charge in [-0.15, -0.1) is 0 Å². The van der Waals surface area contributed by atoms with Crippen molar-refractivity contribution in [1.29, 1.82) is 0 Å². The molecule has 1 aliphatic rings. The van der Waals surface area contributed by atoms with Gasteiger partial charge in [-0.1, -0.05) is 12.1 Å². The maximum absolute atomic E-state index is 12.2. The monoisotopic (exact) mass is 293 g/mol. The van der Waals surface area contributed by atoms with E-state index in [-0.39, 0.29) is 18.9 Å². The molecule has 1 N–H and O–H groups in total. The van der Waals surface area contributed by atoms with E-state index >= 15 is 0 Å². The fraction of sp³-hybridized carbons (Fsp3) is 0.467. The molecule has 0 saturated carbocycles. The van der Waals surface area contributed by atoms with Gasteiger partial charge in [-0.3, -0.25) is 9.59 Å². The number of piperidine rings is 1. The molecule has 114 valence electrons. The standard InChI is InChI=1S/C15H19NO5/c1-20-12-5-3-10(4-6-12)8-16-9-11(15(18)19)7-13(21-2)14(16)17/h3-6,11,13H,7-9H2,1-2H3,(H,18,19). The molecule has 1 aliphatic heterocycles. The number of methoxy groups -OCH3 is 2. The summed E-state index contributed by atoms with van der Waals surface area (Å²) in [5.74, 6) is -0.914. The first-order chi connectivity index (χ1) is 10.0. The van der Waals surface area contributed by atoms with Crippen molar-refractivity contribution >= 4 is 11.9 Å². The Morgan fingerprint density at radius 1 is 1.33 bits per heavy atom. The zero-order chi connectivity index (χ0) is 15.4. The van der Waals surface area contributed by atoms with Gasteiger partial charge < -0.3 is 19.5 Å². The molecule has 0 radical (unpaired) electrons. The third kappa shape index (κ3) is 3.52. The van der Waals surface area contributed by atoms with E-state index in [0.29, 0.717) is 6.54 Å². The number of carbonyl (C=O) groups excluding carboxylic acids is 1. The highest BCUT2D eigenvalue weighted by Gasteiger charge is 2.37. The first-order valence-corrected chi connectivity index (χ1v) is 6.72. The molecule has 0 spiro atoms. The number of benzene rings is 1. The average Bonchev–Trinajstić information content (AvgIpc) is 2.49. The second-order valence-electron chi connectivity index (χ2n) is 5.06. The summed E-state index contributed by atoms with van der Waals surface area (Å²) in [5.41, 5.74) is 0.921. The van der Waals surface area contributed by atoms with E-state index in [4.69, 9.17) is 9.47 Å². The number of carboxylic acid groups (broad SMARTS) is 1. The minimum atomic E-state index is -0.899. The molecule has 1 heterocycles. The van der Waals surface area contributed by atoms with Crippen LogP contribution >= 0.6 is 0 Å². The lowest BCUT2D eigenvalue weighted by molar-refractivity contribution is -0.157. The Bertz CT molecular complexity index is 513. The molecule has 1 amide bonds. The summed E-state index contributed by atoms with van der Waals surface area (Å²) in [4.78, 5) is 25.0. The number of hydrogen-bond donors (Lipinski definition) is 1. The van der Waals surface area contributed by atoms with Crippen LogP contribution < -0.4 is 4.74 Å². The molecule has 21 heavy (non-hydrogen) atoms. The van der Waals surface area contributed by atoms with Gasteiger partial charge in [0, 0.05) is 20.2 Å². The van der Waals surface area contributed by atoms with Crippen LogP contribution in [-0.4, -0.2) is 48.8 Å². The molecule has 1 saturated heterocycles. The van der Waals surface area contributed by atoms with E-state index in [0.717, 1.165) is 11.3 Å². The molecule has 0 aromatic heterocycles. The van der Waals surface area contributed by atoms with Crippen molar-refractivity contribution in [3.63, 3.8) is 0 Å². The second kappa shape index (κ2) is 6.58. The van der Waals surface area contributed by atoms with Crippen LogP contribution in [0, 0.1) is 5.92 Å². The highest BCUT2D eigenvalue weighted by Crippen LogP contribution is 2.23. The van der Waals surface area contributed by atoms with E-state index in [1.54, 1.807) is 7.11 Å². The van der Waals surface area contributed by atoms with Gasteiger partial charge in [0.05, 0.1) is 13.0 Å². The zero-order valence-corrected chi connectivity index (χ0v) is 12.1. The van der Waals surface area contributed by atoms with E-state index in [1.807, 2.05) is 24.3 Å². The lowest BCUT2D eigenvalue weighted by Crippen LogP contribution is -2.50. The average molecular weight is 293 g/mol. The van der Waals surface area contributed by atoms with Crippen molar-refractivity contribution in [2.75, 3.05) is 20.8 Å². The van der Waals surface area contributed by atoms with Gasteiger partial charge in [0.15, 0.2) is 0 Å². The number of aliphatic carboxylic acids is 1. The summed E-state index contributed by atoms with van der Waals surface area (Å²) in [7, 11) is 3.02. The third-order valence-electron chi connectivity index (χ3n) is 3.69. The molecular weight excluding hydrogens is 274 g/mol. The van der Waals surface area contributed by atoms with Gasteiger partial charge >= 0.3 is 5.97 Å². The molecule has 0 aliphatic carbocycles. The SMILES string of the molecule is COc1ccc(CN2CC(C(=O)O)CC(OC)C2=O)cc1. The molecule has 1 aromatic rings. The number of likely N-dealkylation sites (tertiary alicyclic amines) is 1. The first-order valence-electron chi connectivity index (χ1n) is 6.72.